The first kappa shape index (κ1) is 11.0. The van der Waals surface area contributed by atoms with Gasteiger partial charge in [0, 0.05) is 0 Å². The fourth-order valence-electron chi connectivity index (χ4n) is 1.14. The zero-order valence-corrected chi connectivity index (χ0v) is 8.97. The van der Waals surface area contributed by atoms with E-state index in [-0.39, 0.29) is 10.8 Å². The lowest BCUT2D eigenvalue weighted by atomic mass is 10.2. The molecule has 0 heterocycles. The van der Waals surface area contributed by atoms with Crippen LogP contribution in [0.1, 0.15) is 5.56 Å². The summed E-state index contributed by atoms with van der Waals surface area (Å²) in [6.45, 7) is 1.79. The smallest absolute Gasteiger partial charge is 0.191 e. The van der Waals surface area contributed by atoms with Crippen LogP contribution in [0, 0.1) is 6.92 Å². The van der Waals surface area contributed by atoms with E-state index in [4.69, 9.17) is 10.5 Å². The van der Waals surface area contributed by atoms with Crippen molar-refractivity contribution < 1.29 is 13.2 Å². The van der Waals surface area contributed by atoms with Gasteiger partial charge in [-0.3, -0.25) is 0 Å². The number of benzene rings is 1. The molecule has 5 heteroatoms. The first-order chi connectivity index (χ1) is 6.51. The van der Waals surface area contributed by atoms with Gasteiger partial charge in [0.25, 0.3) is 0 Å². The van der Waals surface area contributed by atoms with Crippen LogP contribution in [0.15, 0.2) is 23.1 Å². The van der Waals surface area contributed by atoms with Gasteiger partial charge in [-0.1, -0.05) is 0 Å². The zero-order chi connectivity index (χ0) is 10.8. The number of nitrogens with two attached hydrogens (primary N) is 1. The Bertz CT molecular complexity index is 426. The third-order valence-electron chi connectivity index (χ3n) is 1.94. The van der Waals surface area contributed by atoms with Gasteiger partial charge in [0.1, 0.15) is 11.6 Å². The second-order valence-electron chi connectivity index (χ2n) is 2.91. The van der Waals surface area contributed by atoms with Gasteiger partial charge in [-0.25, -0.2) is 8.42 Å². The summed E-state index contributed by atoms with van der Waals surface area (Å²) in [5, 5.41) is 0. The van der Waals surface area contributed by atoms with Crippen LogP contribution in [-0.4, -0.2) is 21.4 Å². The molecule has 0 saturated heterocycles. The number of hydrogen-bond donors (Lipinski definition) is 1. The monoisotopic (exact) mass is 215 g/mol. The van der Waals surface area contributed by atoms with E-state index in [2.05, 4.69) is 0 Å². The minimum Gasteiger partial charge on any atom is -0.496 e. The standard InChI is InChI=1S/C9H13NO3S/c1-7-5-8(14(11,12)6-10)3-4-9(7)13-2/h3-5H,6,10H2,1-2H3. The van der Waals surface area contributed by atoms with Crippen molar-refractivity contribution in [2.24, 2.45) is 5.73 Å². The summed E-state index contributed by atoms with van der Waals surface area (Å²) in [4.78, 5) is 0.235. The van der Waals surface area contributed by atoms with Crippen molar-refractivity contribution in [1.29, 1.82) is 0 Å². The number of ether oxygens (including phenoxy) is 1. The normalized spacial score (nSPS) is 11.4. The number of sulfone groups is 1. The summed E-state index contributed by atoms with van der Waals surface area (Å²) in [5.41, 5.74) is 5.92. The molecule has 0 bridgehead atoms. The highest BCUT2D eigenvalue weighted by atomic mass is 32.2. The Kier molecular flexibility index (Phi) is 3.13. The molecule has 0 fully saturated rings. The third kappa shape index (κ3) is 2.05. The van der Waals surface area contributed by atoms with E-state index in [1.807, 2.05) is 0 Å². The highest BCUT2D eigenvalue weighted by molar-refractivity contribution is 7.91. The molecule has 0 unspecified atom stereocenters. The van der Waals surface area contributed by atoms with Gasteiger partial charge in [-0.2, -0.15) is 0 Å². The zero-order valence-electron chi connectivity index (χ0n) is 8.15. The van der Waals surface area contributed by atoms with Gasteiger partial charge in [-0.05, 0) is 30.7 Å². The van der Waals surface area contributed by atoms with Crippen molar-refractivity contribution in [3.63, 3.8) is 0 Å². The lowest BCUT2D eigenvalue weighted by Crippen LogP contribution is -2.14. The van der Waals surface area contributed by atoms with Crippen molar-refractivity contribution in [2.45, 2.75) is 11.8 Å². The largest absolute Gasteiger partial charge is 0.496 e. The maximum Gasteiger partial charge on any atom is 0.191 e. The lowest BCUT2D eigenvalue weighted by molar-refractivity contribution is 0.411. The Balaban J connectivity index is 3.22. The molecular weight excluding hydrogens is 202 g/mol. The minimum absolute atomic E-state index is 0.235. The minimum atomic E-state index is -3.32. The fourth-order valence-corrected chi connectivity index (χ4v) is 1.96. The molecule has 0 aromatic heterocycles. The first-order valence-corrected chi connectivity index (χ1v) is 5.74. The van der Waals surface area contributed by atoms with Gasteiger partial charge in [0.2, 0.25) is 0 Å². The van der Waals surface area contributed by atoms with Crippen molar-refractivity contribution in [3.8, 4) is 5.75 Å². The summed E-state index contributed by atoms with van der Waals surface area (Å²) in [6, 6.07) is 4.67. The van der Waals surface area contributed by atoms with Crippen LogP contribution in [0.3, 0.4) is 0 Å². The Morgan fingerprint density at radius 3 is 2.50 bits per heavy atom. The number of methoxy groups -OCH3 is 1. The Labute approximate surface area is 83.6 Å². The molecule has 1 aromatic carbocycles. The van der Waals surface area contributed by atoms with Crippen LogP contribution in [-0.2, 0) is 9.84 Å². The van der Waals surface area contributed by atoms with Crippen molar-refractivity contribution in [3.05, 3.63) is 23.8 Å². The SMILES string of the molecule is COc1ccc(S(=O)(=O)CN)cc1C. The van der Waals surface area contributed by atoms with Crippen LogP contribution < -0.4 is 10.5 Å². The lowest BCUT2D eigenvalue weighted by Gasteiger charge is -2.06. The van der Waals surface area contributed by atoms with Gasteiger partial charge in [-0.15, -0.1) is 0 Å². The van der Waals surface area contributed by atoms with Crippen LogP contribution in [0.4, 0.5) is 0 Å². The fraction of sp³-hybridized carbons (Fsp3) is 0.333. The number of rotatable bonds is 3. The molecule has 0 spiro atoms. The van der Waals surface area contributed by atoms with Gasteiger partial charge >= 0.3 is 0 Å². The van der Waals surface area contributed by atoms with E-state index in [9.17, 15) is 8.42 Å². The van der Waals surface area contributed by atoms with E-state index in [0.29, 0.717) is 5.75 Å². The molecule has 0 aliphatic rings. The van der Waals surface area contributed by atoms with E-state index >= 15 is 0 Å². The molecule has 1 aromatic rings. The molecule has 0 radical (unpaired) electrons. The van der Waals surface area contributed by atoms with Crippen LogP contribution in [0.2, 0.25) is 0 Å². The Morgan fingerprint density at radius 1 is 1.43 bits per heavy atom. The molecule has 0 atom stereocenters. The van der Waals surface area contributed by atoms with Crippen molar-refractivity contribution >= 4 is 9.84 Å². The van der Waals surface area contributed by atoms with E-state index in [1.54, 1.807) is 26.2 Å². The molecule has 0 aliphatic carbocycles. The van der Waals surface area contributed by atoms with E-state index in [1.165, 1.54) is 6.07 Å². The predicted octanol–water partition coefficient (Wildman–Crippen LogP) is 0.694. The highest BCUT2D eigenvalue weighted by Gasteiger charge is 2.12. The molecule has 78 valence electrons. The summed E-state index contributed by atoms with van der Waals surface area (Å²) in [7, 11) is -1.78. The summed E-state index contributed by atoms with van der Waals surface area (Å²) in [6.07, 6.45) is 0. The molecule has 0 saturated carbocycles. The predicted molar refractivity (Wildman–Crippen MR) is 54.0 cm³/mol. The van der Waals surface area contributed by atoms with Gasteiger partial charge in [0.05, 0.1) is 12.0 Å². The van der Waals surface area contributed by atoms with E-state index < -0.39 is 9.84 Å². The summed E-state index contributed by atoms with van der Waals surface area (Å²) >= 11 is 0. The molecule has 0 amide bonds. The number of hydrogen-bond acceptors (Lipinski definition) is 4. The highest BCUT2D eigenvalue weighted by Crippen LogP contribution is 2.21. The maximum absolute atomic E-state index is 11.4. The average molecular weight is 215 g/mol. The Morgan fingerprint density at radius 2 is 2.07 bits per heavy atom. The van der Waals surface area contributed by atoms with E-state index in [0.717, 1.165) is 5.56 Å². The molecule has 1 rings (SSSR count). The Hall–Kier alpha value is -1.07. The summed E-state index contributed by atoms with van der Waals surface area (Å²) in [5.74, 6) is 0.291. The number of aryl methyl sites for hydroxylation is 1. The second kappa shape index (κ2) is 3.98. The first-order valence-electron chi connectivity index (χ1n) is 4.08. The van der Waals surface area contributed by atoms with Crippen molar-refractivity contribution in [1.82, 2.24) is 0 Å². The molecule has 2 N–H and O–H groups in total. The summed E-state index contributed by atoms with van der Waals surface area (Å²) < 4.78 is 27.8. The van der Waals surface area contributed by atoms with Gasteiger partial charge in [0.15, 0.2) is 9.84 Å². The average Bonchev–Trinajstić information content (AvgIpc) is 2.17. The molecule has 14 heavy (non-hydrogen) atoms. The second-order valence-corrected chi connectivity index (χ2v) is 4.95. The molecule has 0 aliphatic heterocycles. The van der Waals surface area contributed by atoms with Gasteiger partial charge < -0.3 is 10.5 Å². The van der Waals surface area contributed by atoms with Crippen LogP contribution >= 0.6 is 0 Å². The van der Waals surface area contributed by atoms with Crippen LogP contribution in [0.5, 0.6) is 5.75 Å². The van der Waals surface area contributed by atoms with Crippen LogP contribution in [0.25, 0.3) is 0 Å². The maximum atomic E-state index is 11.4. The third-order valence-corrected chi connectivity index (χ3v) is 3.36. The molecular formula is C9H13NO3S. The topological polar surface area (TPSA) is 69.4 Å². The quantitative estimate of drug-likeness (QED) is 0.805. The molecule has 4 nitrogen and oxygen atoms in total. The van der Waals surface area contributed by atoms with Crippen molar-refractivity contribution in [2.75, 3.05) is 13.0 Å².